The first-order chi connectivity index (χ1) is 6.13. The molecule has 0 amide bonds. The fourth-order valence-electron chi connectivity index (χ4n) is 0.948. The summed E-state index contributed by atoms with van der Waals surface area (Å²) in [7, 11) is 0. The summed E-state index contributed by atoms with van der Waals surface area (Å²) in [6.07, 6.45) is -1.01. The number of hydrogen-bond donors (Lipinski definition) is 1. The van der Waals surface area contributed by atoms with Crippen molar-refractivity contribution in [3.63, 3.8) is 0 Å². The Bertz CT molecular complexity index is 286. The van der Waals surface area contributed by atoms with Crippen LogP contribution in [0.1, 0.15) is 11.7 Å². The molecule has 13 heavy (non-hydrogen) atoms. The van der Waals surface area contributed by atoms with E-state index in [2.05, 4.69) is 0 Å². The molecule has 0 fully saturated rings. The van der Waals surface area contributed by atoms with E-state index in [1.807, 2.05) is 0 Å². The molecule has 0 radical (unpaired) electrons. The van der Waals surface area contributed by atoms with Gasteiger partial charge in [0, 0.05) is 0 Å². The number of halogens is 1. The zero-order valence-electron chi connectivity index (χ0n) is 6.68. The van der Waals surface area contributed by atoms with Crippen LogP contribution < -0.4 is 5.11 Å². The van der Waals surface area contributed by atoms with Gasteiger partial charge in [0.1, 0.15) is 0 Å². The standard InChI is InChI=1S/C9H9IO3/c10-7(9(12)13)8(11)6-4-2-1-3-5-6/h1-5,7-8,11H,(H,12,13)/p-1. The third kappa shape index (κ3) is 2.67. The molecule has 0 saturated heterocycles. The van der Waals surface area contributed by atoms with Crippen LogP contribution in [-0.2, 0) is 4.79 Å². The summed E-state index contributed by atoms with van der Waals surface area (Å²) in [5, 5.41) is 20.0. The molecule has 0 saturated carbocycles. The van der Waals surface area contributed by atoms with Crippen molar-refractivity contribution < 1.29 is 15.0 Å². The van der Waals surface area contributed by atoms with Gasteiger partial charge in [-0.15, -0.1) is 0 Å². The molecule has 1 rings (SSSR count). The molecular weight excluding hydrogens is 283 g/mol. The van der Waals surface area contributed by atoms with Crippen LogP contribution in [0, 0.1) is 0 Å². The highest BCUT2D eigenvalue weighted by molar-refractivity contribution is 14.1. The lowest BCUT2D eigenvalue weighted by Gasteiger charge is -2.18. The monoisotopic (exact) mass is 291 g/mol. The summed E-state index contributed by atoms with van der Waals surface area (Å²) >= 11 is 1.65. The second kappa shape index (κ2) is 4.57. The number of aliphatic hydroxyl groups is 1. The van der Waals surface area contributed by atoms with Gasteiger partial charge in [-0.2, -0.15) is 0 Å². The lowest BCUT2D eigenvalue weighted by molar-refractivity contribution is -0.305. The van der Waals surface area contributed by atoms with Gasteiger partial charge in [-0.1, -0.05) is 52.9 Å². The topological polar surface area (TPSA) is 60.4 Å². The van der Waals surface area contributed by atoms with Crippen LogP contribution in [0.15, 0.2) is 30.3 Å². The highest BCUT2D eigenvalue weighted by atomic mass is 127. The summed E-state index contributed by atoms with van der Waals surface area (Å²) in [6.45, 7) is 0. The number of carbonyl (C=O) groups is 1. The van der Waals surface area contributed by atoms with E-state index in [0.717, 1.165) is 0 Å². The van der Waals surface area contributed by atoms with Crippen molar-refractivity contribution in [1.82, 2.24) is 0 Å². The number of alkyl halides is 1. The maximum atomic E-state index is 10.4. The Morgan fingerprint density at radius 3 is 2.38 bits per heavy atom. The molecule has 0 heterocycles. The molecule has 70 valence electrons. The minimum absolute atomic E-state index is 0.589. The Hall–Kier alpha value is -0.620. The average Bonchev–Trinajstić information content (AvgIpc) is 2.17. The predicted octanol–water partition coefficient (Wildman–Crippen LogP) is 0.274. The molecule has 1 N–H and O–H groups in total. The molecule has 4 heteroatoms. The lowest BCUT2D eigenvalue weighted by atomic mass is 10.1. The van der Waals surface area contributed by atoms with E-state index in [1.54, 1.807) is 52.9 Å². The molecule has 1 aromatic rings. The van der Waals surface area contributed by atoms with Crippen molar-refractivity contribution in [2.45, 2.75) is 10.0 Å². The minimum Gasteiger partial charge on any atom is -0.549 e. The summed E-state index contributed by atoms with van der Waals surface area (Å²) in [4.78, 5) is 10.4. The molecule has 0 bridgehead atoms. The van der Waals surface area contributed by atoms with E-state index in [0.29, 0.717) is 5.56 Å². The molecular formula is C9H8IO3-. The SMILES string of the molecule is O=C([O-])C(I)C(O)c1ccccc1. The number of hydrogen-bond acceptors (Lipinski definition) is 3. The van der Waals surface area contributed by atoms with Gasteiger partial charge in [0.2, 0.25) is 0 Å². The first-order valence-electron chi connectivity index (χ1n) is 3.71. The first kappa shape index (κ1) is 10.5. The van der Waals surface area contributed by atoms with E-state index >= 15 is 0 Å². The zero-order chi connectivity index (χ0) is 9.84. The predicted molar refractivity (Wildman–Crippen MR) is 54.2 cm³/mol. The Morgan fingerprint density at radius 1 is 1.38 bits per heavy atom. The zero-order valence-corrected chi connectivity index (χ0v) is 8.84. The van der Waals surface area contributed by atoms with Gasteiger partial charge in [-0.05, 0) is 5.56 Å². The van der Waals surface area contributed by atoms with Crippen molar-refractivity contribution in [1.29, 1.82) is 0 Å². The van der Waals surface area contributed by atoms with Gasteiger partial charge in [0.15, 0.2) is 0 Å². The van der Waals surface area contributed by atoms with Crippen LogP contribution in [0.2, 0.25) is 0 Å². The van der Waals surface area contributed by atoms with Crippen molar-refractivity contribution >= 4 is 28.6 Å². The van der Waals surface area contributed by atoms with E-state index < -0.39 is 16.0 Å². The molecule has 1 aromatic carbocycles. The van der Waals surface area contributed by atoms with Crippen LogP contribution in [0.5, 0.6) is 0 Å². The third-order valence-electron chi connectivity index (χ3n) is 1.64. The molecule has 2 atom stereocenters. The largest absolute Gasteiger partial charge is 0.549 e. The number of carboxylic acid groups (broad SMARTS) is 1. The summed E-state index contributed by atoms with van der Waals surface area (Å²) in [6, 6.07) is 8.66. The maximum Gasteiger partial charge on any atom is 0.0960 e. The fraction of sp³-hybridized carbons (Fsp3) is 0.222. The summed E-state index contributed by atoms with van der Waals surface area (Å²) in [5.74, 6) is -1.25. The van der Waals surface area contributed by atoms with Crippen LogP contribution in [0.25, 0.3) is 0 Å². The molecule has 0 aliphatic heterocycles. The first-order valence-corrected chi connectivity index (χ1v) is 4.95. The van der Waals surface area contributed by atoms with E-state index in [-0.39, 0.29) is 0 Å². The Balaban J connectivity index is 2.79. The summed E-state index contributed by atoms with van der Waals surface area (Å²) < 4.78 is -0.917. The quantitative estimate of drug-likeness (QED) is 0.642. The van der Waals surface area contributed by atoms with Crippen LogP contribution in [0.3, 0.4) is 0 Å². The highest BCUT2D eigenvalue weighted by Gasteiger charge is 2.18. The highest BCUT2D eigenvalue weighted by Crippen LogP contribution is 2.21. The smallest absolute Gasteiger partial charge is 0.0960 e. The van der Waals surface area contributed by atoms with Crippen molar-refractivity contribution in [3.8, 4) is 0 Å². The molecule has 3 nitrogen and oxygen atoms in total. The second-order valence-electron chi connectivity index (χ2n) is 2.58. The molecule has 0 spiro atoms. The number of aliphatic hydroxyl groups excluding tert-OH is 1. The Labute approximate surface area is 89.5 Å². The molecule has 0 aromatic heterocycles. The van der Waals surface area contributed by atoms with Crippen LogP contribution in [0.4, 0.5) is 0 Å². The number of rotatable bonds is 3. The van der Waals surface area contributed by atoms with Crippen molar-refractivity contribution in [2.24, 2.45) is 0 Å². The molecule has 0 aliphatic carbocycles. The Kier molecular flexibility index (Phi) is 3.68. The van der Waals surface area contributed by atoms with Crippen molar-refractivity contribution in [2.75, 3.05) is 0 Å². The normalized spacial score (nSPS) is 14.9. The van der Waals surface area contributed by atoms with Gasteiger partial charge in [0.05, 0.1) is 16.0 Å². The summed E-state index contributed by atoms with van der Waals surface area (Å²) in [5.41, 5.74) is 0.589. The maximum absolute atomic E-state index is 10.4. The van der Waals surface area contributed by atoms with Gasteiger partial charge in [-0.25, -0.2) is 0 Å². The molecule has 0 aliphatic rings. The number of carboxylic acids is 1. The fourth-order valence-corrected chi connectivity index (χ4v) is 1.36. The third-order valence-corrected chi connectivity index (χ3v) is 2.83. The van der Waals surface area contributed by atoms with E-state index in [1.165, 1.54) is 0 Å². The van der Waals surface area contributed by atoms with Crippen LogP contribution in [-0.4, -0.2) is 15.0 Å². The number of benzene rings is 1. The van der Waals surface area contributed by atoms with Gasteiger partial charge >= 0.3 is 0 Å². The van der Waals surface area contributed by atoms with Crippen molar-refractivity contribution in [3.05, 3.63) is 35.9 Å². The average molecular weight is 291 g/mol. The van der Waals surface area contributed by atoms with Gasteiger partial charge in [-0.3, -0.25) is 0 Å². The number of aliphatic carboxylic acids is 1. The van der Waals surface area contributed by atoms with Crippen LogP contribution >= 0.6 is 22.6 Å². The van der Waals surface area contributed by atoms with Gasteiger partial charge < -0.3 is 15.0 Å². The molecule has 2 unspecified atom stereocenters. The van der Waals surface area contributed by atoms with E-state index in [4.69, 9.17) is 0 Å². The minimum atomic E-state index is -1.25. The Morgan fingerprint density at radius 2 is 1.92 bits per heavy atom. The second-order valence-corrected chi connectivity index (χ2v) is 3.92. The number of carbonyl (C=O) groups excluding carboxylic acids is 1. The van der Waals surface area contributed by atoms with E-state index in [9.17, 15) is 15.0 Å². The lowest BCUT2D eigenvalue weighted by Crippen LogP contribution is -2.35. The van der Waals surface area contributed by atoms with Gasteiger partial charge in [0.25, 0.3) is 0 Å².